The average molecular weight is 267 g/mol. The van der Waals surface area contributed by atoms with Crippen molar-refractivity contribution >= 4 is 30.1 Å². The first kappa shape index (κ1) is 16.1. The Hall–Kier alpha value is 0.0700. The maximum atomic E-state index is 12.1. The molecule has 1 rings (SSSR count). The van der Waals surface area contributed by atoms with E-state index in [1.165, 1.54) is 0 Å². The molecule has 0 aromatic heterocycles. The Balaban J connectivity index is 0.00000225. The quantitative estimate of drug-likeness (QED) is 0.843. The van der Waals surface area contributed by atoms with E-state index in [4.69, 9.17) is 0 Å². The minimum Gasteiger partial charge on any atom is -0.339 e. The monoisotopic (exact) mass is 266 g/mol. The van der Waals surface area contributed by atoms with Gasteiger partial charge >= 0.3 is 0 Å². The molecule has 3 unspecified atom stereocenters. The van der Waals surface area contributed by atoms with E-state index in [1.807, 2.05) is 18.1 Å². The lowest BCUT2D eigenvalue weighted by molar-refractivity contribution is -0.136. The van der Waals surface area contributed by atoms with Gasteiger partial charge in [0.1, 0.15) is 0 Å². The van der Waals surface area contributed by atoms with Crippen LogP contribution in [0.4, 0.5) is 0 Å². The van der Waals surface area contributed by atoms with E-state index < -0.39 is 0 Å². The maximum Gasteiger partial charge on any atom is 0.226 e. The Bertz CT molecular complexity index is 218. The molecule has 1 fully saturated rings. The van der Waals surface area contributed by atoms with Gasteiger partial charge in [0.05, 0.1) is 0 Å². The summed E-state index contributed by atoms with van der Waals surface area (Å²) in [5.74, 6) is 1.38. The van der Waals surface area contributed by atoms with Crippen LogP contribution in [0, 0.1) is 5.92 Å². The molecule has 0 radical (unpaired) electrons. The predicted molar refractivity (Wildman–Crippen MR) is 73.4 cm³/mol. The molecule has 1 amide bonds. The van der Waals surface area contributed by atoms with Crippen LogP contribution in [-0.4, -0.2) is 48.0 Å². The zero-order valence-electron chi connectivity index (χ0n) is 10.5. The van der Waals surface area contributed by atoms with Crippen molar-refractivity contribution < 1.29 is 4.79 Å². The number of thioether (sulfide) groups is 1. The van der Waals surface area contributed by atoms with E-state index in [0.29, 0.717) is 18.0 Å². The number of piperazine rings is 1. The lowest BCUT2D eigenvalue weighted by atomic mass is 10.1. The van der Waals surface area contributed by atoms with Crippen LogP contribution in [0.25, 0.3) is 0 Å². The summed E-state index contributed by atoms with van der Waals surface area (Å²) in [6.45, 7) is 7.99. The van der Waals surface area contributed by atoms with E-state index >= 15 is 0 Å². The van der Waals surface area contributed by atoms with Crippen molar-refractivity contribution in [3.05, 3.63) is 0 Å². The summed E-state index contributed by atoms with van der Waals surface area (Å²) in [5.41, 5.74) is 0. The molecule has 1 N–H and O–H groups in total. The van der Waals surface area contributed by atoms with Crippen molar-refractivity contribution in [1.29, 1.82) is 0 Å². The van der Waals surface area contributed by atoms with Gasteiger partial charge in [0.2, 0.25) is 5.91 Å². The second-order valence-electron chi connectivity index (χ2n) is 4.57. The zero-order valence-corrected chi connectivity index (χ0v) is 12.2. The van der Waals surface area contributed by atoms with Gasteiger partial charge in [0.25, 0.3) is 0 Å². The summed E-state index contributed by atoms with van der Waals surface area (Å²) < 4.78 is 0. The van der Waals surface area contributed by atoms with Gasteiger partial charge in [-0.05, 0) is 20.1 Å². The van der Waals surface area contributed by atoms with Gasteiger partial charge in [-0.2, -0.15) is 11.8 Å². The molecule has 1 heterocycles. The number of amides is 1. The third-order valence-corrected chi connectivity index (χ3v) is 3.54. The van der Waals surface area contributed by atoms with Crippen LogP contribution in [-0.2, 0) is 4.79 Å². The van der Waals surface area contributed by atoms with Crippen LogP contribution in [0.5, 0.6) is 0 Å². The SMILES string of the molecule is CSCC(C)C(=O)N1CC(C)NC(C)C1.Cl. The molecular formula is C11H23ClN2OS. The third-order valence-electron chi connectivity index (χ3n) is 2.71. The summed E-state index contributed by atoms with van der Waals surface area (Å²) in [6, 6.07) is 0.832. The normalized spacial score (nSPS) is 27.1. The molecule has 0 aliphatic carbocycles. The van der Waals surface area contributed by atoms with Crippen molar-refractivity contribution in [1.82, 2.24) is 10.2 Å². The summed E-state index contributed by atoms with van der Waals surface area (Å²) in [6.07, 6.45) is 2.05. The fourth-order valence-corrected chi connectivity index (χ4v) is 2.78. The molecule has 3 nitrogen and oxygen atoms in total. The van der Waals surface area contributed by atoms with Crippen molar-refractivity contribution in [2.24, 2.45) is 5.92 Å². The van der Waals surface area contributed by atoms with E-state index in [1.54, 1.807) is 11.8 Å². The van der Waals surface area contributed by atoms with Gasteiger partial charge in [-0.25, -0.2) is 0 Å². The highest BCUT2D eigenvalue weighted by Gasteiger charge is 2.27. The average Bonchev–Trinajstić information content (AvgIpc) is 2.15. The van der Waals surface area contributed by atoms with Crippen LogP contribution in [0.2, 0.25) is 0 Å². The second kappa shape index (κ2) is 7.41. The number of hydrogen-bond donors (Lipinski definition) is 1. The number of halogens is 1. The standard InChI is InChI=1S/C11H22N2OS.ClH/c1-8(7-15-4)11(14)13-5-9(2)12-10(3)6-13;/h8-10,12H,5-7H2,1-4H3;1H. The lowest BCUT2D eigenvalue weighted by Gasteiger charge is -2.37. The van der Waals surface area contributed by atoms with Crippen LogP contribution >= 0.6 is 24.2 Å². The van der Waals surface area contributed by atoms with E-state index in [2.05, 4.69) is 19.2 Å². The molecule has 96 valence electrons. The topological polar surface area (TPSA) is 32.3 Å². The van der Waals surface area contributed by atoms with E-state index in [9.17, 15) is 4.79 Å². The fourth-order valence-electron chi connectivity index (χ4n) is 2.14. The fraction of sp³-hybridized carbons (Fsp3) is 0.909. The third kappa shape index (κ3) is 4.52. The number of rotatable bonds is 3. The van der Waals surface area contributed by atoms with Gasteiger partial charge < -0.3 is 10.2 Å². The van der Waals surface area contributed by atoms with Crippen molar-refractivity contribution in [2.45, 2.75) is 32.9 Å². The van der Waals surface area contributed by atoms with Crippen LogP contribution in [0.15, 0.2) is 0 Å². The smallest absolute Gasteiger partial charge is 0.226 e. The number of carbonyl (C=O) groups excluding carboxylic acids is 1. The summed E-state index contributed by atoms with van der Waals surface area (Å²) in [4.78, 5) is 14.1. The first-order valence-electron chi connectivity index (χ1n) is 5.58. The van der Waals surface area contributed by atoms with Crippen molar-refractivity contribution in [2.75, 3.05) is 25.1 Å². The summed E-state index contributed by atoms with van der Waals surface area (Å²) in [7, 11) is 0. The molecule has 0 bridgehead atoms. The number of hydrogen-bond acceptors (Lipinski definition) is 3. The van der Waals surface area contributed by atoms with Crippen LogP contribution in [0.3, 0.4) is 0 Å². The molecule has 1 saturated heterocycles. The minimum atomic E-state index is 0. The Morgan fingerprint density at radius 3 is 2.38 bits per heavy atom. The highest BCUT2D eigenvalue weighted by molar-refractivity contribution is 7.98. The van der Waals surface area contributed by atoms with Crippen LogP contribution < -0.4 is 5.32 Å². The lowest BCUT2D eigenvalue weighted by Crippen LogP contribution is -2.56. The summed E-state index contributed by atoms with van der Waals surface area (Å²) >= 11 is 1.74. The van der Waals surface area contributed by atoms with Gasteiger partial charge in [-0.3, -0.25) is 4.79 Å². The second-order valence-corrected chi connectivity index (χ2v) is 5.48. The molecule has 16 heavy (non-hydrogen) atoms. The first-order valence-corrected chi connectivity index (χ1v) is 6.97. The molecule has 1 aliphatic rings. The minimum absolute atomic E-state index is 0. The van der Waals surface area contributed by atoms with Gasteiger partial charge in [-0.1, -0.05) is 6.92 Å². The van der Waals surface area contributed by atoms with Crippen molar-refractivity contribution in [3.8, 4) is 0 Å². The molecule has 1 aliphatic heterocycles. The number of nitrogens with one attached hydrogen (secondary N) is 1. The van der Waals surface area contributed by atoms with E-state index in [0.717, 1.165) is 18.8 Å². The molecule has 0 aromatic carbocycles. The Morgan fingerprint density at radius 1 is 1.44 bits per heavy atom. The van der Waals surface area contributed by atoms with Gasteiger partial charge in [0, 0.05) is 36.8 Å². The molecule has 5 heteroatoms. The zero-order chi connectivity index (χ0) is 11.4. The number of carbonyl (C=O) groups is 1. The Labute approximate surface area is 109 Å². The predicted octanol–water partition coefficient (Wildman–Crippen LogP) is 1.62. The number of nitrogens with zero attached hydrogens (tertiary/aromatic N) is 1. The van der Waals surface area contributed by atoms with Crippen LogP contribution in [0.1, 0.15) is 20.8 Å². The Morgan fingerprint density at radius 2 is 1.94 bits per heavy atom. The molecule has 0 aromatic rings. The maximum absolute atomic E-state index is 12.1. The molecule has 0 saturated carbocycles. The highest BCUT2D eigenvalue weighted by atomic mass is 35.5. The van der Waals surface area contributed by atoms with Gasteiger partial charge in [-0.15, -0.1) is 12.4 Å². The van der Waals surface area contributed by atoms with Gasteiger partial charge in [0.15, 0.2) is 0 Å². The Kier molecular flexibility index (Phi) is 7.44. The molecular weight excluding hydrogens is 244 g/mol. The summed E-state index contributed by atoms with van der Waals surface area (Å²) in [5, 5.41) is 3.44. The molecule has 0 spiro atoms. The van der Waals surface area contributed by atoms with E-state index in [-0.39, 0.29) is 18.3 Å². The largest absolute Gasteiger partial charge is 0.339 e. The first-order chi connectivity index (χ1) is 7.04. The van der Waals surface area contributed by atoms with Crippen molar-refractivity contribution in [3.63, 3.8) is 0 Å². The highest BCUT2D eigenvalue weighted by Crippen LogP contribution is 2.12. The molecule has 3 atom stereocenters.